The second-order valence-electron chi connectivity index (χ2n) is 5.42. The summed E-state index contributed by atoms with van der Waals surface area (Å²) in [5.41, 5.74) is 6.24. The minimum absolute atomic E-state index is 0.0476. The van der Waals surface area contributed by atoms with Gasteiger partial charge in [-0.2, -0.15) is 0 Å². The number of likely N-dealkylation sites (tertiary alicyclic amines) is 1. The summed E-state index contributed by atoms with van der Waals surface area (Å²) in [5.74, 6) is -0.0485. The van der Waals surface area contributed by atoms with Crippen LogP contribution in [0.15, 0.2) is 24.3 Å². The van der Waals surface area contributed by atoms with E-state index in [-0.39, 0.29) is 23.5 Å². The Morgan fingerprint density at radius 3 is 2.38 bits per heavy atom. The fourth-order valence-corrected chi connectivity index (χ4v) is 2.44. The number of piperidine rings is 1. The Balaban J connectivity index is 1.86. The van der Waals surface area contributed by atoms with Gasteiger partial charge in [-0.25, -0.2) is 0 Å². The molecule has 1 fully saturated rings. The van der Waals surface area contributed by atoms with Crippen molar-refractivity contribution in [1.82, 2.24) is 4.90 Å². The van der Waals surface area contributed by atoms with E-state index >= 15 is 0 Å². The van der Waals surface area contributed by atoms with E-state index in [1.165, 1.54) is 12.1 Å². The molecule has 2 rings (SSSR count). The topological polar surface area (TPSA) is 95.7 Å². The highest BCUT2D eigenvalue weighted by Gasteiger charge is 2.28. The molecule has 1 atom stereocenters. The van der Waals surface area contributed by atoms with E-state index < -0.39 is 6.04 Å². The zero-order valence-electron chi connectivity index (χ0n) is 12.1. The molecule has 1 aliphatic rings. The zero-order chi connectivity index (χ0) is 15.4. The second kappa shape index (κ2) is 6.58. The highest BCUT2D eigenvalue weighted by atomic mass is 16.3. The van der Waals surface area contributed by atoms with Crippen LogP contribution in [0.1, 0.15) is 19.8 Å². The van der Waals surface area contributed by atoms with Crippen LogP contribution in [0.25, 0.3) is 0 Å². The van der Waals surface area contributed by atoms with Gasteiger partial charge < -0.3 is 21.1 Å². The molecule has 114 valence electrons. The lowest BCUT2D eigenvalue weighted by Crippen LogP contribution is -2.47. The number of phenols is 1. The molecule has 6 nitrogen and oxygen atoms in total. The number of aromatic hydroxyl groups is 1. The van der Waals surface area contributed by atoms with Crippen LogP contribution < -0.4 is 11.1 Å². The Labute approximate surface area is 123 Å². The molecule has 0 spiro atoms. The lowest BCUT2D eigenvalue weighted by Gasteiger charge is -2.32. The van der Waals surface area contributed by atoms with Gasteiger partial charge in [0, 0.05) is 24.7 Å². The molecule has 0 bridgehead atoms. The molecule has 0 unspecified atom stereocenters. The number of rotatable bonds is 3. The van der Waals surface area contributed by atoms with Crippen molar-refractivity contribution in [1.29, 1.82) is 0 Å². The van der Waals surface area contributed by atoms with Gasteiger partial charge in [-0.15, -0.1) is 0 Å². The number of benzene rings is 1. The molecule has 2 amide bonds. The number of carbonyl (C=O) groups excluding carboxylic acids is 2. The fraction of sp³-hybridized carbons (Fsp3) is 0.467. The Kier molecular flexibility index (Phi) is 4.80. The first-order valence-electron chi connectivity index (χ1n) is 7.11. The maximum absolute atomic E-state index is 12.2. The Hall–Kier alpha value is -2.08. The van der Waals surface area contributed by atoms with Gasteiger partial charge >= 0.3 is 0 Å². The number of hydrogen-bond donors (Lipinski definition) is 3. The zero-order valence-corrected chi connectivity index (χ0v) is 12.1. The third kappa shape index (κ3) is 3.95. The van der Waals surface area contributed by atoms with Crippen molar-refractivity contribution in [3.8, 4) is 5.75 Å². The van der Waals surface area contributed by atoms with E-state index in [0.29, 0.717) is 31.6 Å². The largest absolute Gasteiger partial charge is 0.508 e. The van der Waals surface area contributed by atoms with Crippen LogP contribution >= 0.6 is 0 Å². The third-order valence-corrected chi connectivity index (χ3v) is 3.70. The van der Waals surface area contributed by atoms with E-state index in [1.807, 2.05) is 0 Å². The van der Waals surface area contributed by atoms with Gasteiger partial charge in [0.25, 0.3) is 0 Å². The SMILES string of the molecule is C[C@@H](N)C(=O)N1CCC(C(=O)Nc2ccc(O)cc2)CC1. The highest BCUT2D eigenvalue weighted by Crippen LogP contribution is 2.21. The number of amides is 2. The second-order valence-corrected chi connectivity index (χ2v) is 5.42. The van der Waals surface area contributed by atoms with Crippen molar-refractivity contribution < 1.29 is 14.7 Å². The summed E-state index contributed by atoms with van der Waals surface area (Å²) < 4.78 is 0. The number of nitrogens with two attached hydrogens (primary N) is 1. The number of nitrogens with one attached hydrogen (secondary N) is 1. The third-order valence-electron chi connectivity index (χ3n) is 3.70. The first kappa shape index (κ1) is 15.3. The smallest absolute Gasteiger partial charge is 0.239 e. The van der Waals surface area contributed by atoms with Crippen LogP contribution in [0.2, 0.25) is 0 Å². The average Bonchev–Trinajstić information content (AvgIpc) is 2.49. The lowest BCUT2D eigenvalue weighted by atomic mass is 9.95. The number of phenolic OH excluding ortho intramolecular Hbond substituents is 1. The van der Waals surface area contributed by atoms with Gasteiger partial charge in [-0.3, -0.25) is 9.59 Å². The molecule has 1 saturated heterocycles. The molecule has 0 saturated carbocycles. The molecule has 1 aliphatic heterocycles. The van der Waals surface area contributed by atoms with Crippen molar-refractivity contribution in [3.05, 3.63) is 24.3 Å². The van der Waals surface area contributed by atoms with Crippen LogP contribution in [0.3, 0.4) is 0 Å². The maximum Gasteiger partial charge on any atom is 0.239 e. The average molecular weight is 291 g/mol. The van der Waals surface area contributed by atoms with Crippen LogP contribution in [-0.2, 0) is 9.59 Å². The molecular formula is C15H21N3O3. The molecule has 0 aliphatic carbocycles. The summed E-state index contributed by atoms with van der Waals surface area (Å²) in [4.78, 5) is 25.7. The normalized spacial score (nSPS) is 17.3. The monoisotopic (exact) mass is 291 g/mol. The van der Waals surface area contributed by atoms with Gasteiger partial charge in [0.1, 0.15) is 5.75 Å². The molecule has 6 heteroatoms. The summed E-state index contributed by atoms with van der Waals surface area (Å²) in [6.45, 7) is 2.80. The predicted molar refractivity (Wildman–Crippen MR) is 79.7 cm³/mol. The molecule has 1 heterocycles. The lowest BCUT2D eigenvalue weighted by molar-refractivity contribution is -0.135. The van der Waals surface area contributed by atoms with E-state index in [2.05, 4.69) is 5.32 Å². The summed E-state index contributed by atoms with van der Waals surface area (Å²) in [7, 11) is 0. The van der Waals surface area contributed by atoms with E-state index in [9.17, 15) is 14.7 Å². The quantitative estimate of drug-likeness (QED) is 0.721. The first-order valence-corrected chi connectivity index (χ1v) is 7.11. The Bertz CT molecular complexity index is 505. The summed E-state index contributed by atoms with van der Waals surface area (Å²) in [6.07, 6.45) is 1.28. The standard InChI is InChI=1S/C15H21N3O3/c1-10(16)15(21)18-8-6-11(7-9-18)14(20)17-12-2-4-13(19)5-3-12/h2-5,10-11,19H,6-9,16H2,1H3,(H,17,20)/t10-/m1/s1. The van der Waals surface area contributed by atoms with Gasteiger partial charge in [-0.05, 0) is 44.0 Å². The predicted octanol–water partition coefficient (Wildman–Crippen LogP) is 0.916. The van der Waals surface area contributed by atoms with Crippen molar-refractivity contribution in [2.45, 2.75) is 25.8 Å². The van der Waals surface area contributed by atoms with Crippen LogP contribution in [0.4, 0.5) is 5.69 Å². The fourth-order valence-electron chi connectivity index (χ4n) is 2.44. The van der Waals surface area contributed by atoms with E-state index in [1.54, 1.807) is 24.0 Å². The van der Waals surface area contributed by atoms with Crippen molar-refractivity contribution in [3.63, 3.8) is 0 Å². The Morgan fingerprint density at radius 2 is 1.86 bits per heavy atom. The van der Waals surface area contributed by atoms with Crippen molar-refractivity contribution >= 4 is 17.5 Å². The molecule has 21 heavy (non-hydrogen) atoms. The Morgan fingerprint density at radius 1 is 1.29 bits per heavy atom. The number of nitrogens with zero attached hydrogens (tertiary/aromatic N) is 1. The van der Waals surface area contributed by atoms with Gasteiger partial charge in [0.05, 0.1) is 6.04 Å². The molecular weight excluding hydrogens is 270 g/mol. The number of hydrogen-bond acceptors (Lipinski definition) is 4. The summed E-state index contributed by atoms with van der Waals surface area (Å²) >= 11 is 0. The maximum atomic E-state index is 12.2. The van der Waals surface area contributed by atoms with Crippen molar-refractivity contribution in [2.75, 3.05) is 18.4 Å². The molecule has 0 aromatic heterocycles. The molecule has 1 aromatic carbocycles. The van der Waals surface area contributed by atoms with E-state index in [4.69, 9.17) is 5.73 Å². The first-order chi connectivity index (χ1) is 9.97. The van der Waals surface area contributed by atoms with E-state index in [0.717, 1.165) is 0 Å². The highest BCUT2D eigenvalue weighted by molar-refractivity contribution is 5.92. The number of carbonyl (C=O) groups is 2. The summed E-state index contributed by atoms with van der Waals surface area (Å²) in [6, 6.07) is 5.87. The summed E-state index contributed by atoms with van der Waals surface area (Å²) in [5, 5.41) is 12.0. The van der Waals surface area contributed by atoms with Gasteiger partial charge in [-0.1, -0.05) is 0 Å². The molecule has 0 radical (unpaired) electrons. The number of anilines is 1. The van der Waals surface area contributed by atoms with Gasteiger partial charge in [0.15, 0.2) is 0 Å². The molecule has 1 aromatic rings. The van der Waals surface area contributed by atoms with Crippen LogP contribution in [-0.4, -0.2) is 41.0 Å². The van der Waals surface area contributed by atoms with Gasteiger partial charge in [0.2, 0.25) is 11.8 Å². The van der Waals surface area contributed by atoms with Crippen LogP contribution in [0.5, 0.6) is 5.75 Å². The van der Waals surface area contributed by atoms with Crippen LogP contribution in [0, 0.1) is 5.92 Å². The van der Waals surface area contributed by atoms with Crippen molar-refractivity contribution in [2.24, 2.45) is 11.7 Å². The minimum Gasteiger partial charge on any atom is -0.508 e. The minimum atomic E-state index is -0.493. The molecule has 4 N–H and O–H groups in total.